The van der Waals surface area contributed by atoms with Crippen LogP contribution in [0.15, 0.2) is 115 Å². The van der Waals surface area contributed by atoms with Gasteiger partial charge in [0, 0.05) is 33.7 Å². The lowest BCUT2D eigenvalue weighted by Crippen LogP contribution is -2.54. The number of halogens is 1. The SMILES string of the molecule is CC12CCCCC1(C)N(c1cc(-c3ccccc3)c(Cl)c(N(c3ccc(C4CCCCC4)cc3)c3ccc(C4CCCCC4)cc3)c1)c1ccccc12. The summed E-state index contributed by atoms with van der Waals surface area (Å²) in [4.78, 5) is 5.14. The summed E-state index contributed by atoms with van der Waals surface area (Å²) in [5.41, 5.74) is 12.6. The van der Waals surface area contributed by atoms with Gasteiger partial charge >= 0.3 is 0 Å². The summed E-state index contributed by atoms with van der Waals surface area (Å²) < 4.78 is 0. The van der Waals surface area contributed by atoms with Gasteiger partial charge in [-0.1, -0.05) is 143 Å². The molecular formula is C50H55ClN2. The Morgan fingerprint density at radius 2 is 1.13 bits per heavy atom. The Hall–Kier alpha value is -4.01. The Balaban J connectivity index is 1.23. The number of benzene rings is 5. The fourth-order valence-electron chi connectivity index (χ4n) is 10.9. The Kier molecular flexibility index (Phi) is 9.39. The van der Waals surface area contributed by atoms with Gasteiger partial charge in [0.25, 0.3) is 0 Å². The zero-order valence-corrected chi connectivity index (χ0v) is 32.6. The molecule has 4 aliphatic rings. The standard InChI is InChI=1S/C50H55ClN2/c1-49-32-14-15-33-50(49,2)53(46-23-13-12-22-45(46)49)43-34-44(40-20-10-5-11-21-40)48(51)47(35-43)52(41-28-24-38(25-29-41)36-16-6-3-7-17-36)42-30-26-39(27-31-42)37-18-8-4-9-19-37/h5,10-13,20-31,34-37H,3-4,6-9,14-19,32-33H2,1-2H3. The lowest BCUT2D eigenvalue weighted by molar-refractivity contribution is 0.195. The first-order valence-corrected chi connectivity index (χ1v) is 21.1. The molecule has 1 heterocycles. The van der Waals surface area contributed by atoms with Crippen LogP contribution in [0.2, 0.25) is 5.02 Å². The van der Waals surface area contributed by atoms with Crippen molar-refractivity contribution in [3.05, 3.63) is 137 Å². The van der Waals surface area contributed by atoms with Crippen molar-refractivity contribution < 1.29 is 0 Å². The normalized spacial score (nSPS) is 23.4. The van der Waals surface area contributed by atoms with E-state index in [1.54, 1.807) is 0 Å². The predicted octanol–water partition coefficient (Wildman–Crippen LogP) is 15.3. The van der Waals surface area contributed by atoms with Crippen molar-refractivity contribution in [2.24, 2.45) is 0 Å². The highest BCUT2D eigenvalue weighted by Gasteiger charge is 2.57. The van der Waals surface area contributed by atoms with Crippen molar-refractivity contribution in [3.63, 3.8) is 0 Å². The molecule has 1 aliphatic heterocycles. The monoisotopic (exact) mass is 718 g/mol. The van der Waals surface area contributed by atoms with E-state index in [2.05, 4.69) is 139 Å². The van der Waals surface area contributed by atoms with E-state index in [9.17, 15) is 0 Å². The number of anilines is 5. The van der Waals surface area contributed by atoms with Crippen molar-refractivity contribution in [1.29, 1.82) is 0 Å². The highest BCUT2D eigenvalue weighted by atomic mass is 35.5. The van der Waals surface area contributed by atoms with Crippen molar-refractivity contribution >= 4 is 40.0 Å². The minimum absolute atomic E-state index is 0.0535. The van der Waals surface area contributed by atoms with E-state index < -0.39 is 0 Å². The molecule has 3 aliphatic carbocycles. The van der Waals surface area contributed by atoms with Crippen LogP contribution in [0.1, 0.15) is 132 Å². The smallest absolute Gasteiger partial charge is 0.0726 e. The molecule has 3 saturated carbocycles. The molecule has 0 bridgehead atoms. The van der Waals surface area contributed by atoms with Crippen LogP contribution in [0, 0.1) is 0 Å². The molecule has 2 atom stereocenters. The van der Waals surface area contributed by atoms with E-state index in [1.807, 2.05) is 0 Å². The first-order valence-electron chi connectivity index (χ1n) is 20.7. The molecular weight excluding hydrogens is 664 g/mol. The third-order valence-corrected chi connectivity index (χ3v) is 14.5. The molecule has 3 fully saturated rings. The maximum atomic E-state index is 7.76. The first-order chi connectivity index (χ1) is 25.9. The largest absolute Gasteiger partial charge is 0.334 e. The second-order valence-electron chi connectivity index (χ2n) is 17.0. The van der Waals surface area contributed by atoms with Gasteiger partial charge in [-0.05, 0) is 122 Å². The molecule has 0 aromatic heterocycles. The van der Waals surface area contributed by atoms with Gasteiger partial charge in [-0.25, -0.2) is 0 Å². The zero-order valence-electron chi connectivity index (χ0n) is 31.8. The van der Waals surface area contributed by atoms with E-state index in [0.29, 0.717) is 11.8 Å². The number of hydrogen-bond acceptors (Lipinski definition) is 2. The second-order valence-corrected chi connectivity index (χ2v) is 17.4. The third kappa shape index (κ3) is 6.10. The summed E-state index contributed by atoms with van der Waals surface area (Å²) in [5, 5.41) is 0.789. The molecule has 0 spiro atoms. The van der Waals surface area contributed by atoms with Crippen LogP contribution in [0.3, 0.4) is 0 Å². The Morgan fingerprint density at radius 1 is 0.585 bits per heavy atom. The van der Waals surface area contributed by atoms with E-state index in [0.717, 1.165) is 39.6 Å². The molecule has 0 saturated heterocycles. The highest BCUT2D eigenvalue weighted by molar-refractivity contribution is 6.36. The topological polar surface area (TPSA) is 6.48 Å². The lowest BCUT2D eigenvalue weighted by Gasteiger charge is -2.50. The molecule has 9 rings (SSSR count). The Labute approximate surface area is 323 Å². The van der Waals surface area contributed by atoms with Crippen molar-refractivity contribution in [2.75, 3.05) is 9.80 Å². The van der Waals surface area contributed by atoms with Gasteiger partial charge in [-0.3, -0.25) is 0 Å². The van der Waals surface area contributed by atoms with Crippen LogP contribution in [0.5, 0.6) is 0 Å². The van der Waals surface area contributed by atoms with E-state index in [4.69, 9.17) is 11.6 Å². The molecule has 5 aromatic carbocycles. The summed E-state index contributed by atoms with van der Waals surface area (Å²) in [6, 6.07) is 43.8. The molecule has 3 heteroatoms. The van der Waals surface area contributed by atoms with Gasteiger partial charge in [0.2, 0.25) is 0 Å². The maximum Gasteiger partial charge on any atom is 0.0726 e. The lowest BCUT2D eigenvalue weighted by atomic mass is 9.61. The van der Waals surface area contributed by atoms with Crippen molar-refractivity contribution in [3.8, 4) is 11.1 Å². The predicted molar refractivity (Wildman–Crippen MR) is 226 cm³/mol. The van der Waals surface area contributed by atoms with Crippen LogP contribution in [-0.4, -0.2) is 5.54 Å². The van der Waals surface area contributed by atoms with Gasteiger partial charge in [-0.15, -0.1) is 0 Å². The molecule has 0 N–H and O–H groups in total. The third-order valence-electron chi connectivity index (χ3n) is 14.1. The zero-order chi connectivity index (χ0) is 36.0. The van der Waals surface area contributed by atoms with E-state index in [-0.39, 0.29) is 11.0 Å². The van der Waals surface area contributed by atoms with E-state index >= 15 is 0 Å². The number of para-hydroxylation sites is 1. The maximum absolute atomic E-state index is 7.76. The van der Waals surface area contributed by atoms with Crippen LogP contribution < -0.4 is 9.80 Å². The molecule has 2 nitrogen and oxygen atoms in total. The van der Waals surface area contributed by atoms with Crippen LogP contribution in [-0.2, 0) is 5.41 Å². The summed E-state index contributed by atoms with van der Waals surface area (Å²) in [7, 11) is 0. The van der Waals surface area contributed by atoms with E-state index in [1.165, 1.54) is 112 Å². The highest BCUT2D eigenvalue weighted by Crippen LogP contribution is 2.61. The molecule has 53 heavy (non-hydrogen) atoms. The Morgan fingerprint density at radius 3 is 1.74 bits per heavy atom. The second kappa shape index (κ2) is 14.3. The summed E-state index contributed by atoms with van der Waals surface area (Å²) in [5.74, 6) is 1.33. The minimum Gasteiger partial charge on any atom is -0.334 e. The van der Waals surface area contributed by atoms with Gasteiger partial charge in [0.1, 0.15) is 0 Å². The van der Waals surface area contributed by atoms with Gasteiger partial charge in [0.05, 0.1) is 16.2 Å². The summed E-state index contributed by atoms with van der Waals surface area (Å²) in [6.45, 7) is 5.04. The van der Waals surface area contributed by atoms with Crippen LogP contribution in [0.25, 0.3) is 11.1 Å². The Bertz CT molecular complexity index is 1980. The number of fused-ring (bicyclic) bond motifs is 3. The summed E-state index contributed by atoms with van der Waals surface area (Å²) in [6.07, 6.45) is 18.2. The average Bonchev–Trinajstić information content (AvgIpc) is 3.43. The molecule has 0 amide bonds. The number of hydrogen-bond donors (Lipinski definition) is 0. The van der Waals surface area contributed by atoms with Crippen LogP contribution in [0.4, 0.5) is 28.4 Å². The number of rotatable bonds is 7. The fourth-order valence-corrected chi connectivity index (χ4v) is 11.2. The molecule has 5 aromatic rings. The first kappa shape index (κ1) is 34.7. The average molecular weight is 719 g/mol. The van der Waals surface area contributed by atoms with Gasteiger partial charge in [-0.2, -0.15) is 0 Å². The minimum atomic E-state index is -0.0535. The fraction of sp³-hybridized carbons (Fsp3) is 0.400. The van der Waals surface area contributed by atoms with Crippen molar-refractivity contribution in [1.82, 2.24) is 0 Å². The summed E-state index contributed by atoms with van der Waals surface area (Å²) >= 11 is 7.76. The molecule has 272 valence electrons. The van der Waals surface area contributed by atoms with Crippen molar-refractivity contribution in [2.45, 2.75) is 127 Å². The molecule has 2 unspecified atom stereocenters. The van der Waals surface area contributed by atoms with Gasteiger partial charge < -0.3 is 9.80 Å². The quantitative estimate of drug-likeness (QED) is 0.165. The number of nitrogens with zero attached hydrogens (tertiary/aromatic N) is 2. The van der Waals surface area contributed by atoms with Crippen LogP contribution >= 0.6 is 11.6 Å². The molecule has 0 radical (unpaired) electrons. The van der Waals surface area contributed by atoms with Gasteiger partial charge in [0.15, 0.2) is 0 Å².